The Morgan fingerprint density at radius 3 is 1.89 bits per heavy atom. The molecule has 0 saturated heterocycles. The van der Waals surface area contributed by atoms with Gasteiger partial charge in [-0.3, -0.25) is 0 Å². The van der Waals surface area contributed by atoms with Crippen molar-refractivity contribution in [2.75, 3.05) is 0 Å². The summed E-state index contributed by atoms with van der Waals surface area (Å²) in [4.78, 5) is 0. The fourth-order valence-electron chi connectivity index (χ4n) is 2.74. The third-order valence-corrected chi connectivity index (χ3v) is 4.08. The van der Waals surface area contributed by atoms with Gasteiger partial charge in [-0.1, -0.05) is 64.7 Å². The van der Waals surface area contributed by atoms with E-state index < -0.39 is 0 Å². The molecule has 0 aliphatic carbocycles. The van der Waals surface area contributed by atoms with Gasteiger partial charge in [0, 0.05) is 6.42 Å². The van der Waals surface area contributed by atoms with Gasteiger partial charge < -0.3 is 0 Å². The van der Waals surface area contributed by atoms with Crippen LogP contribution >= 0.6 is 0 Å². The van der Waals surface area contributed by atoms with Gasteiger partial charge in [0.05, 0.1) is 14.1 Å². The summed E-state index contributed by atoms with van der Waals surface area (Å²) in [5.41, 5.74) is 0. The number of aryl methyl sites for hydroxylation is 2. The molecule has 1 rings (SSSR count). The molecule has 0 saturated carbocycles. The summed E-state index contributed by atoms with van der Waals surface area (Å²) in [6.45, 7) is 2.28. The smallest absolute Gasteiger partial charge is 0.237 e. The Hall–Kier alpha value is -0.790. The van der Waals surface area contributed by atoms with Crippen LogP contribution in [0.5, 0.6) is 0 Å². The molecule has 2 heteroatoms. The topological polar surface area (TPSA) is 8.81 Å². The predicted octanol–water partition coefficient (Wildman–Crippen LogP) is 4.31. The summed E-state index contributed by atoms with van der Waals surface area (Å²) in [5.74, 6) is 1.44. The van der Waals surface area contributed by atoms with Crippen LogP contribution in [0.1, 0.15) is 77.0 Å². The summed E-state index contributed by atoms with van der Waals surface area (Å²) in [6.07, 6.45) is 19.7. The molecule has 0 aliphatic heterocycles. The number of aromatic nitrogens is 2. The second-order valence-corrected chi connectivity index (χ2v) is 5.87. The zero-order valence-electron chi connectivity index (χ0n) is 13.3. The summed E-state index contributed by atoms with van der Waals surface area (Å²) < 4.78 is 4.49. The van der Waals surface area contributed by atoms with Gasteiger partial charge in [-0.15, -0.1) is 0 Å². The molecular formula is C17H33N2+. The second-order valence-electron chi connectivity index (χ2n) is 5.87. The zero-order chi connectivity index (χ0) is 13.9. The first-order valence-corrected chi connectivity index (χ1v) is 8.25. The molecule has 0 unspecified atom stereocenters. The highest BCUT2D eigenvalue weighted by molar-refractivity contribution is 4.81. The minimum absolute atomic E-state index is 1.22. The van der Waals surface area contributed by atoms with E-state index >= 15 is 0 Å². The molecule has 0 fully saturated rings. The first-order chi connectivity index (χ1) is 9.25. The molecule has 1 aromatic heterocycles. The lowest BCUT2D eigenvalue weighted by molar-refractivity contribution is -0.678. The van der Waals surface area contributed by atoms with Crippen molar-refractivity contribution >= 4 is 0 Å². The van der Waals surface area contributed by atoms with Crippen LogP contribution in [0.4, 0.5) is 0 Å². The molecule has 0 bridgehead atoms. The number of hydrogen-bond acceptors (Lipinski definition) is 0. The molecule has 110 valence electrons. The molecule has 19 heavy (non-hydrogen) atoms. The monoisotopic (exact) mass is 265 g/mol. The third kappa shape index (κ3) is 6.79. The maximum absolute atomic E-state index is 2.28. The molecule has 1 aromatic rings. The van der Waals surface area contributed by atoms with Gasteiger partial charge in [0.2, 0.25) is 0 Å². The number of rotatable bonds is 11. The standard InChI is InChI=1S/C17H33N2/c1-4-5-6-7-8-9-10-11-12-13-14-17-18(2)15-16-19(17)3/h15-16H,4-14H2,1-3H3/q+1. The molecule has 0 radical (unpaired) electrons. The number of nitrogens with zero attached hydrogens (tertiary/aromatic N) is 2. The van der Waals surface area contributed by atoms with Gasteiger partial charge >= 0.3 is 0 Å². The molecular weight excluding hydrogens is 232 g/mol. The Labute approximate surface area is 119 Å². The molecule has 0 amide bonds. The Morgan fingerprint density at radius 1 is 0.895 bits per heavy atom. The average molecular weight is 265 g/mol. The van der Waals surface area contributed by atoms with Gasteiger partial charge in [0.1, 0.15) is 12.4 Å². The number of hydrogen-bond donors (Lipinski definition) is 0. The van der Waals surface area contributed by atoms with Crippen molar-refractivity contribution in [3.05, 3.63) is 18.2 Å². The molecule has 0 atom stereocenters. The quantitative estimate of drug-likeness (QED) is 0.416. The summed E-state index contributed by atoms with van der Waals surface area (Å²) in [5, 5.41) is 0. The Morgan fingerprint density at radius 2 is 1.42 bits per heavy atom. The fourth-order valence-corrected chi connectivity index (χ4v) is 2.74. The van der Waals surface area contributed by atoms with Crippen molar-refractivity contribution < 1.29 is 4.57 Å². The van der Waals surface area contributed by atoms with Crippen LogP contribution in [-0.2, 0) is 20.5 Å². The molecule has 2 nitrogen and oxygen atoms in total. The minimum Gasteiger partial charge on any atom is -0.237 e. The van der Waals surface area contributed by atoms with E-state index in [4.69, 9.17) is 0 Å². The Kier molecular flexibility index (Phi) is 8.61. The first kappa shape index (κ1) is 16.3. The lowest BCUT2D eigenvalue weighted by Gasteiger charge is -2.02. The van der Waals surface area contributed by atoms with Crippen LogP contribution in [0, 0.1) is 0 Å². The van der Waals surface area contributed by atoms with Crippen LogP contribution in [0.25, 0.3) is 0 Å². The van der Waals surface area contributed by atoms with Crippen molar-refractivity contribution in [1.29, 1.82) is 0 Å². The molecule has 0 aromatic carbocycles. The maximum atomic E-state index is 2.28. The van der Waals surface area contributed by atoms with Crippen LogP contribution in [0.15, 0.2) is 12.4 Å². The van der Waals surface area contributed by atoms with E-state index in [0.29, 0.717) is 0 Å². The highest BCUT2D eigenvalue weighted by Gasteiger charge is 2.09. The van der Waals surface area contributed by atoms with Crippen molar-refractivity contribution in [2.45, 2.75) is 77.6 Å². The largest absolute Gasteiger partial charge is 0.255 e. The minimum atomic E-state index is 1.22. The molecule has 0 N–H and O–H groups in total. The van der Waals surface area contributed by atoms with E-state index in [1.165, 1.54) is 76.5 Å². The van der Waals surface area contributed by atoms with Crippen molar-refractivity contribution in [3.63, 3.8) is 0 Å². The lowest BCUT2D eigenvalue weighted by atomic mass is 10.1. The van der Waals surface area contributed by atoms with Gasteiger partial charge in [0.15, 0.2) is 0 Å². The van der Waals surface area contributed by atoms with Gasteiger partial charge in [0.25, 0.3) is 5.82 Å². The molecule has 0 spiro atoms. The van der Waals surface area contributed by atoms with Crippen molar-refractivity contribution in [1.82, 2.24) is 4.57 Å². The molecule has 0 aliphatic rings. The van der Waals surface area contributed by atoms with Gasteiger partial charge in [-0.2, -0.15) is 0 Å². The van der Waals surface area contributed by atoms with Crippen LogP contribution in [-0.4, -0.2) is 4.57 Å². The Bertz CT molecular complexity index is 309. The Balaban J connectivity index is 1.92. The van der Waals surface area contributed by atoms with Crippen LogP contribution < -0.4 is 4.57 Å². The van der Waals surface area contributed by atoms with Crippen LogP contribution in [0.3, 0.4) is 0 Å². The summed E-state index contributed by atoms with van der Waals surface area (Å²) >= 11 is 0. The summed E-state index contributed by atoms with van der Waals surface area (Å²) in [7, 11) is 4.29. The van der Waals surface area contributed by atoms with E-state index in [-0.39, 0.29) is 0 Å². The zero-order valence-corrected chi connectivity index (χ0v) is 13.3. The highest BCUT2D eigenvalue weighted by Crippen LogP contribution is 2.11. The number of imidazole rings is 1. The van der Waals surface area contributed by atoms with E-state index in [9.17, 15) is 0 Å². The maximum Gasteiger partial charge on any atom is 0.255 e. The predicted molar refractivity (Wildman–Crippen MR) is 82.1 cm³/mol. The van der Waals surface area contributed by atoms with Gasteiger partial charge in [-0.05, 0) is 6.42 Å². The van der Waals surface area contributed by atoms with E-state index in [2.05, 4.69) is 42.5 Å². The SMILES string of the molecule is CCCCCCCCCCCCc1n(C)cc[n+]1C. The van der Waals surface area contributed by atoms with Crippen LogP contribution in [0.2, 0.25) is 0 Å². The summed E-state index contributed by atoms with van der Waals surface area (Å²) in [6, 6.07) is 0. The van der Waals surface area contributed by atoms with E-state index in [1.54, 1.807) is 0 Å². The third-order valence-electron chi connectivity index (χ3n) is 4.08. The normalized spacial score (nSPS) is 11.1. The van der Waals surface area contributed by atoms with Crippen molar-refractivity contribution in [3.8, 4) is 0 Å². The second kappa shape index (κ2) is 10.1. The van der Waals surface area contributed by atoms with E-state index in [1.807, 2.05) is 0 Å². The fraction of sp³-hybridized carbons (Fsp3) is 0.824. The number of unbranched alkanes of at least 4 members (excludes halogenated alkanes) is 9. The lowest BCUT2D eigenvalue weighted by Crippen LogP contribution is -2.31. The van der Waals surface area contributed by atoms with E-state index in [0.717, 1.165) is 0 Å². The highest BCUT2D eigenvalue weighted by atomic mass is 15.1. The first-order valence-electron chi connectivity index (χ1n) is 8.25. The van der Waals surface area contributed by atoms with Crippen molar-refractivity contribution in [2.24, 2.45) is 14.1 Å². The molecule has 1 heterocycles. The van der Waals surface area contributed by atoms with Gasteiger partial charge in [-0.25, -0.2) is 9.13 Å². The average Bonchev–Trinajstić information content (AvgIpc) is 2.72.